The summed E-state index contributed by atoms with van der Waals surface area (Å²) in [5.41, 5.74) is 1.03. The lowest BCUT2D eigenvalue weighted by atomic mass is 10.2. The summed E-state index contributed by atoms with van der Waals surface area (Å²) in [6.45, 7) is 3.79. The van der Waals surface area contributed by atoms with Crippen LogP contribution in [0.4, 0.5) is 0 Å². The highest BCUT2D eigenvalue weighted by atomic mass is 32.1. The molecule has 76 valence electrons. The lowest BCUT2D eigenvalue weighted by Gasteiger charge is -2.12. The van der Waals surface area contributed by atoms with E-state index in [1.807, 2.05) is 6.92 Å². The first-order valence-electron chi connectivity index (χ1n) is 4.91. The van der Waals surface area contributed by atoms with E-state index >= 15 is 0 Å². The summed E-state index contributed by atoms with van der Waals surface area (Å²) in [6.07, 6.45) is 3.57. The molecule has 0 spiro atoms. The molecule has 0 saturated carbocycles. The molecular weight excluding hydrogens is 196 g/mol. The normalized spacial score (nSPS) is 16.5. The number of aromatic nitrogens is 2. The third kappa shape index (κ3) is 2.29. The molecule has 0 radical (unpaired) electrons. The second kappa shape index (κ2) is 4.50. The van der Waals surface area contributed by atoms with Crippen LogP contribution in [-0.4, -0.2) is 22.0 Å². The van der Waals surface area contributed by atoms with E-state index in [2.05, 4.69) is 19.9 Å². The van der Waals surface area contributed by atoms with E-state index in [-0.39, 0.29) is 0 Å². The van der Waals surface area contributed by atoms with E-state index in [1.54, 1.807) is 0 Å². The van der Waals surface area contributed by atoms with Crippen LogP contribution < -0.4 is 5.32 Å². The molecule has 5 heteroatoms. The van der Waals surface area contributed by atoms with Crippen molar-refractivity contribution in [3.63, 3.8) is 0 Å². The first-order valence-corrected chi connectivity index (χ1v) is 5.68. The standard InChI is InChI=1S/C9H14N4S/c1-7-8(14-13-12-7)6-11-9-4-2-3-5-10-9/h2-6H2,1H3,(H,10,11). The van der Waals surface area contributed by atoms with Crippen LogP contribution in [0.25, 0.3) is 0 Å². The minimum Gasteiger partial charge on any atom is -0.369 e. The molecule has 1 aromatic rings. The molecule has 1 aliphatic heterocycles. The minimum absolute atomic E-state index is 0.822. The van der Waals surface area contributed by atoms with Crippen LogP contribution in [0.1, 0.15) is 29.8 Å². The minimum atomic E-state index is 0.822. The highest BCUT2D eigenvalue weighted by molar-refractivity contribution is 7.05. The maximum Gasteiger partial charge on any atom is 0.0965 e. The van der Waals surface area contributed by atoms with Gasteiger partial charge in [0.05, 0.1) is 23.0 Å². The summed E-state index contributed by atoms with van der Waals surface area (Å²) in [5.74, 6) is 1.14. The van der Waals surface area contributed by atoms with Crippen molar-refractivity contribution in [2.45, 2.75) is 32.7 Å². The van der Waals surface area contributed by atoms with Gasteiger partial charge in [0.15, 0.2) is 0 Å². The summed E-state index contributed by atoms with van der Waals surface area (Å²) < 4.78 is 3.90. The number of hydrogen-bond acceptors (Lipinski definition) is 5. The number of aliphatic imine (C=N–C) groups is 1. The SMILES string of the molecule is Cc1nnsc1CNC1=NCCCC1. The Morgan fingerprint density at radius 3 is 3.00 bits per heavy atom. The predicted octanol–water partition coefficient (Wildman–Crippen LogP) is 1.52. The van der Waals surface area contributed by atoms with Crippen molar-refractivity contribution in [2.75, 3.05) is 6.54 Å². The summed E-state index contributed by atoms with van der Waals surface area (Å²) in [5, 5.41) is 7.31. The van der Waals surface area contributed by atoms with Gasteiger partial charge in [0.25, 0.3) is 0 Å². The Hall–Kier alpha value is -0.970. The maximum absolute atomic E-state index is 4.43. The number of aryl methyl sites for hydroxylation is 1. The lowest BCUT2D eigenvalue weighted by Crippen LogP contribution is -2.25. The summed E-state index contributed by atoms with van der Waals surface area (Å²) >= 11 is 1.46. The van der Waals surface area contributed by atoms with Gasteiger partial charge in [-0.3, -0.25) is 4.99 Å². The molecule has 2 rings (SSSR count). The van der Waals surface area contributed by atoms with Gasteiger partial charge in [0.1, 0.15) is 0 Å². The van der Waals surface area contributed by atoms with Crippen molar-refractivity contribution in [3.8, 4) is 0 Å². The van der Waals surface area contributed by atoms with E-state index in [0.717, 1.165) is 31.0 Å². The number of amidine groups is 1. The van der Waals surface area contributed by atoms with Gasteiger partial charge >= 0.3 is 0 Å². The van der Waals surface area contributed by atoms with Gasteiger partial charge in [-0.2, -0.15) is 0 Å². The highest BCUT2D eigenvalue weighted by Gasteiger charge is 2.06. The molecule has 1 aliphatic rings. The maximum atomic E-state index is 4.43. The van der Waals surface area contributed by atoms with Crippen molar-refractivity contribution in [1.82, 2.24) is 14.9 Å². The van der Waals surface area contributed by atoms with Crippen LogP contribution in [0, 0.1) is 6.92 Å². The van der Waals surface area contributed by atoms with Gasteiger partial charge < -0.3 is 5.32 Å². The average molecular weight is 210 g/mol. The Balaban J connectivity index is 1.88. The molecule has 0 amide bonds. The zero-order chi connectivity index (χ0) is 9.80. The summed E-state index contributed by atoms with van der Waals surface area (Å²) in [6, 6.07) is 0. The average Bonchev–Trinajstić information content (AvgIpc) is 2.63. The summed E-state index contributed by atoms with van der Waals surface area (Å²) in [4.78, 5) is 5.63. The van der Waals surface area contributed by atoms with Gasteiger partial charge in [0.2, 0.25) is 0 Å². The third-order valence-corrected chi connectivity index (χ3v) is 3.15. The lowest BCUT2D eigenvalue weighted by molar-refractivity contribution is 0.707. The van der Waals surface area contributed by atoms with E-state index in [0.29, 0.717) is 0 Å². The van der Waals surface area contributed by atoms with Gasteiger partial charge in [-0.05, 0) is 31.3 Å². The second-order valence-electron chi connectivity index (χ2n) is 3.42. The molecule has 0 aromatic carbocycles. The molecule has 4 nitrogen and oxygen atoms in total. The van der Waals surface area contributed by atoms with E-state index in [4.69, 9.17) is 0 Å². The number of hydrogen-bond donors (Lipinski definition) is 1. The van der Waals surface area contributed by atoms with Crippen molar-refractivity contribution in [1.29, 1.82) is 0 Å². The fourth-order valence-corrected chi connectivity index (χ4v) is 2.01. The molecule has 1 N–H and O–H groups in total. The van der Waals surface area contributed by atoms with E-state index in [1.165, 1.54) is 29.3 Å². The number of rotatable bonds is 2. The smallest absolute Gasteiger partial charge is 0.0965 e. The molecule has 0 fully saturated rings. The first kappa shape index (κ1) is 9.58. The van der Waals surface area contributed by atoms with Crippen LogP contribution in [0.15, 0.2) is 4.99 Å². The Bertz CT molecular complexity index is 331. The second-order valence-corrected chi connectivity index (χ2v) is 4.26. The van der Waals surface area contributed by atoms with Crippen molar-refractivity contribution in [3.05, 3.63) is 10.6 Å². The molecular formula is C9H14N4S. The van der Waals surface area contributed by atoms with Crippen molar-refractivity contribution in [2.24, 2.45) is 4.99 Å². The van der Waals surface area contributed by atoms with E-state index in [9.17, 15) is 0 Å². The molecule has 1 aromatic heterocycles. The monoisotopic (exact) mass is 210 g/mol. The molecule has 0 saturated heterocycles. The van der Waals surface area contributed by atoms with Gasteiger partial charge in [-0.1, -0.05) is 4.49 Å². The Morgan fingerprint density at radius 2 is 2.36 bits per heavy atom. The molecule has 14 heavy (non-hydrogen) atoms. The van der Waals surface area contributed by atoms with Crippen molar-refractivity contribution >= 4 is 17.4 Å². The largest absolute Gasteiger partial charge is 0.369 e. The number of nitrogens with one attached hydrogen (secondary N) is 1. The highest BCUT2D eigenvalue weighted by Crippen LogP contribution is 2.09. The topological polar surface area (TPSA) is 50.2 Å². The zero-order valence-electron chi connectivity index (χ0n) is 8.29. The molecule has 0 aliphatic carbocycles. The predicted molar refractivity (Wildman–Crippen MR) is 57.6 cm³/mol. The van der Waals surface area contributed by atoms with Crippen LogP contribution in [0.2, 0.25) is 0 Å². The third-order valence-electron chi connectivity index (χ3n) is 2.32. The van der Waals surface area contributed by atoms with E-state index < -0.39 is 0 Å². The van der Waals surface area contributed by atoms with Crippen LogP contribution in [-0.2, 0) is 6.54 Å². The Labute approximate surface area is 87.6 Å². The molecule has 0 bridgehead atoms. The molecule has 0 atom stereocenters. The number of nitrogens with zero attached hydrogens (tertiary/aromatic N) is 3. The first-order chi connectivity index (χ1) is 6.86. The fraction of sp³-hybridized carbons (Fsp3) is 0.667. The van der Waals surface area contributed by atoms with Crippen LogP contribution in [0.3, 0.4) is 0 Å². The Kier molecular flexibility index (Phi) is 3.08. The summed E-state index contributed by atoms with van der Waals surface area (Å²) in [7, 11) is 0. The van der Waals surface area contributed by atoms with Gasteiger partial charge in [-0.15, -0.1) is 5.10 Å². The van der Waals surface area contributed by atoms with Crippen molar-refractivity contribution < 1.29 is 0 Å². The fourth-order valence-electron chi connectivity index (χ4n) is 1.44. The molecule has 2 heterocycles. The van der Waals surface area contributed by atoms with Crippen LogP contribution in [0.5, 0.6) is 0 Å². The quantitative estimate of drug-likeness (QED) is 0.805. The van der Waals surface area contributed by atoms with Gasteiger partial charge in [-0.25, -0.2) is 0 Å². The van der Waals surface area contributed by atoms with Crippen LogP contribution >= 0.6 is 11.5 Å². The van der Waals surface area contributed by atoms with Gasteiger partial charge in [0, 0.05) is 13.0 Å². The molecule has 0 unspecified atom stereocenters. The zero-order valence-corrected chi connectivity index (χ0v) is 9.10. The Morgan fingerprint density at radius 1 is 1.43 bits per heavy atom.